The third kappa shape index (κ3) is 4.67. The number of hydrogen-bond acceptors (Lipinski definition) is 4. The number of nitrogens with two attached hydrogens (primary N) is 1. The number of rotatable bonds is 6. The van der Waals surface area contributed by atoms with Gasteiger partial charge in [0.25, 0.3) is 4.52 Å². The first-order valence-electron chi connectivity index (χ1n) is 5.87. The standard InChI is InChI=1S/C13H15Cl2NO4/c1-8(11(16)12(18)19)7-10(17)20-13(14,15)9-5-3-2-4-6-9/h2-6,8,11H,7,16H2,1H3,(H,18,19)/t8?,11-/m0/s1. The van der Waals surface area contributed by atoms with Crippen molar-refractivity contribution in [3.8, 4) is 0 Å². The highest BCUT2D eigenvalue weighted by atomic mass is 35.5. The van der Waals surface area contributed by atoms with Crippen molar-refractivity contribution >= 4 is 35.1 Å². The fourth-order valence-electron chi connectivity index (χ4n) is 1.51. The van der Waals surface area contributed by atoms with Gasteiger partial charge in [-0.1, -0.05) is 60.5 Å². The van der Waals surface area contributed by atoms with E-state index in [9.17, 15) is 9.59 Å². The van der Waals surface area contributed by atoms with Gasteiger partial charge in [-0.3, -0.25) is 9.59 Å². The summed E-state index contributed by atoms with van der Waals surface area (Å²) in [4.78, 5) is 22.4. The lowest BCUT2D eigenvalue weighted by Crippen LogP contribution is -2.38. The van der Waals surface area contributed by atoms with Gasteiger partial charge in [-0.2, -0.15) is 0 Å². The minimum Gasteiger partial charge on any atom is -0.480 e. The summed E-state index contributed by atoms with van der Waals surface area (Å²) in [6.07, 6.45) is -0.193. The van der Waals surface area contributed by atoms with Crippen LogP contribution in [0.4, 0.5) is 0 Å². The van der Waals surface area contributed by atoms with Crippen LogP contribution in [0.2, 0.25) is 0 Å². The highest BCUT2D eigenvalue weighted by Crippen LogP contribution is 2.35. The Kier molecular flexibility index (Phi) is 5.80. The first kappa shape index (κ1) is 16.8. The van der Waals surface area contributed by atoms with Gasteiger partial charge in [0.2, 0.25) is 0 Å². The van der Waals surface area contributed by atoms with E-state index in [1.165, 1.54) is 6.92 Å². The summed E-state index contributed by atoms with van der Waals surface area (Å²) < 4.78 is 3.15. The molecule has 0 aromatic heterocycles. The Morgan fingerprint density at radius 3 is 2.40 bits per heavy atom. The van der Waals surface area contributed by atoms with Crippen LogP contribution in [0.3, 0.4) is 0 Å². The van der Waals surface area contributed by atoms with Gasteiger partial charge < -0.3 is 15.6 Å². The SMILES string of the molecule is CC(CC(=O)OC(Cl)(Cl)c1ccccc1)[C@H](N)C(=O)O. The fraction of sp³-hybridized carbons (Fsp3) is 0.385. The lowest BCUT2D eigenvalue weighted by Gasteiger charge is -2.22. The van der Waals surface area contributed by atoms with E-state index in [1.54, 1.807) is 30.3 Å². The van der Waals surface area contributed by atoms with E-state index >= 15 is 0 Å². The molecular weight excluding hydrogens is 305 g/mol. The molecule has 1 aromatic rings. The van der Waals surface area contributed by atoms with Crippen LogP contribution in [0.25, 0.3) is 0 Å². The van der Waals surface area contributed by atoms with Crippen LogP contribution in [0.15, 0.2) is 30.3 Å². The molecule has 1 unspecified atom stereocenters. The molecule has 0 spiro atoms. The molecule has 0 heterocycles. The van der Waals surface area contributed by atoms with E-state index < -0.39 is 28.4 Å². The molecule has 20 heavy (non-hydrogen) atoms. The Bertz CT molecular complexity index is 479. The Morgan fingerprint density at radius 2 is 1.90 bits per heavy atom. The summed E-state index contributed by atoms with van der Waals surface area (Å²) in [5.41, 5.74) is 5.82. The molecule has 1 rings (SSSR count). The van der Waals surface area contributed by atoms with Gasteiger partial charge in [0.1, 0.15) is 6.04 Å². The molecule has 2 atom stereocenters. The zero-order valence-corrected chi connectivity index (χ0v) is 12.3. The van der Waals surface area contributed by atoms with Gasteiger partial charge in [-0.05, 0) is 5.92 Å². The predicted molar refractivity (Wildman–Crippen MR) is 75.3 cm³/mol. The van der Waals surface area contributed by atoms with Crippen LogP contribution in [-0.2, 0) is 18.8 Å². The Hall–Kier alpha value is -1.30. The maximum absolute atomic E-state index is 11.7. The topological polar surface area (TPSA) is 89.6 Å². The molecule has 0 bridgehead atoms. The number of carbonyl (C=O) groups is 2. The number of alkyl halides is 2. The van der Waals surface area contributed by atoms with Crippen molar-refractivity contribution in [3.05, 3.63) is 35.9 Å². The van der Waals surface area contributed by atoms with Crippen molar-refractivity contribution in [2.75, 3.05) is 0 Å². The number of halogens is 2. The van der Waals surface area contributed by atoms with E-state index in [4.69, 9.17) is 38.8 Å². The fourth-order valence-corrected chi connectivity index (χ4v) is 1.93. The summed E-state index contributed by atoms with van der Waals surface area (Å²) in [6, 6.07) is 7.24. The molecule has 110 valence electrons. The first-order valence-corrected chi connectivity index (χ1v) is 6.63. The molecular formula is C13H15Cl2NO4. The highest BCUT2D eigenvalue weighted by Gasteiger charge is 2.32. The molecule has 0 saturated carbocycles. The van der Waals surface area contributed by atoms with E-state index in [1.807, 2.05) is 0 Å². The number of esters is 1. The molecule has 0 saturated heterocycles. The normalized spacial score (nSPS) is 14.4. The molecule has 0 aliphatic rings. The van der Waals surface area contributed by atoms with Crippen LogP contribution in [0.1, 0.15) is 18.9 Å². The second-order valence-electron chi connectivity index (χ2n) is 4.40. The van der Waals surface area contributed by atoms with Crippen LogP contribution in [-0.4, -0.2) is 23.1 Å². The molecule has 0 aliphatic carbocycles. The quantitative estimate of drug-likeness (QED) is 0.620. The monoisotopic (exact) mass is 319 g/mol. The van der Waals surface area contributed by atoms with Gasteiger partial charge >= 0.3 is 11.9 Å². The van der Waals surface area contributed by atoms with Crippen molar-refractivity contribution in [1.29, 1.82) is 0 Å². The molecule has 0 aliphatic heterocycles. The molecule has 3 N–H and O–H groups in total. The predicted octanol–water partition coefficient (Wildman–Crippen LogP) is 2.26. The highest BCUT2D eigenvalue weighted by molar-refractivity contribution is 6.47. The van der Waals surface area contributed by atoms with Crippen LogP contribution in [0.5, 0.6) is 0 Å². The number of ether oxygens (including phenoxy) is 1. The van der Waals surface area contributed by atoms with E-state index in [-0.39, 0.29) is 6.42 Å². The minimum absolute atomic E-state index is 0.193. The van der Waals surface area contributed by atoms with E-state index in [0.29, 0.717) is 5.56 Å². The molecule has 0 fully saturated rings. The molecule has 7 heteroatoms. The average Bonchev–Trinajstić information content (AvgIpc) is 2.37. The lowest BCUT2D eigenvalue weighted by atomic mass is 9.99. The summed E-state index contributed by atoms with van der Waals surface area (Å²) >= 11 is 11.9. The average molecular weight is 320 g/mol. The molecule has 0 amide bonds. The summed E-state index contributed by atoms with van der Waals surface area (Å²) in [6.45, 7) is 1.53. The Morgan fingerprint density at radius 1 is 1.35 bits per heavy atom. The van der Waals surface area contributed by atoms with Gasteiger partial charge in [0.15, 0.2) is 0 Å². The Balaban J connectivity index is 2.64. The summed E-state index contributed by atoms with van der Waals surface area (Å²) in [5.74, 6) is -2.50. The summed E-state index contributed by atoms with van der Waals surface area (Å²) in [5, 5.41) is 8.75. The lowest BCUT2D eigenvalue weighted by molar-refractivity contribution is -0.149. The van der Waals surface area contributed by atoms with Gasteiger partial charge in [-0.15, -0.1) is 0 Å². The third-order valence-corrected chi connectivity index (χ3v) is 3.33. The molecule has 5 nitrogen and oxygen atoms in total. The number of carbonyl (C=O) groups excluding carboxylic acids is 1. The van der Waals surface area contributed by atoms with Gasteiger partial charge in [0, 0.05) is 5.56 Å². The van der Waals surface area contributed by atoms with Crippen molar-refractivity contribution in [2.45, 2.75) is 23.9 Å². The molecule has 0 radical (unpaired) electrons. The van der Waals surface area contributed by atoms with Gasteiger partial charge in [0.05, 0.1) is 6.42 Å². The second kappa shape index (κ2) is 6.92. The van der Waals surface area contributed by atoms with Gasteiger partial charge in [-0.25, -0.2) is 0 Å². The van der Waals surface area contributed by atoms with E-state index in [2.05, 4.69) is 0 Å². The van der Waals surface area contributed by atoms with Crippen molar-refractivity contribution in [2.24, 2.45) is 11.7 Å². The van der Waals surface area contributed by atoms with E-state index in [0.717, 1.165) is 0 Å². The van der Waals surface area contributed by atoms with Crippen LogP contribution >= 0.6 is 23.2 Å². The zero-order chi connectivity index (χ0) is 15.3. The molecule has 1 aromatic carbocycles. The van der Waals surface area contributed by atoms with Crippen LogP contribution < -0.4 is 5.73 Å². The van der Waals surface area contributed by atoms with Crippen molar-refractivity contribution in [1.82, 2.24) is 0 Å². The number of carboxylic acid groups (broad SMARTS) is 1. The van der Waals surface area contributed by atoms with Crippen LogP contribution in [0, 0.1) is 5.92 Å². The largest absolute Gasteiger partial charge is 0.480 e. The zero-order valence-electron chi connectivity index (χ0n) is 10.8. The Labute approximate surface area is 126 Å². The first-order chi connectivity index (χ1) is 9.24. The number of benzene rings is 1. The number of carboxylic acids is 1. The maximum Gasteiger partial charge on any atom is 0.320 e. The number of aliphatic carboxylic acids is 1. The van der Waals surface area contributed by atoms with Crippen molar-refractivity contribution < 1.29 is 19.4 Å². The number of hydrogen-bond donors (Lipinski definition) is 2. The second-order valence-corrected chi connectivity index (χ2v) is 5.66. The smallest absolute Gasteiger partial charge is 0.320 e. The maximum atomic E-state index is 11.7. The third-order valence-electron chi connectivity index (χ3n) is 2.74. The minimum atomic E-state index is -1.81. The van der Waals surface area contributed by atoms with Crippen molar-refractivity contribution in [3.63, 3.8) is 0 Å². The summed E-state index contributed by atoms with van der Waals surface area (Å²) in [7, 11) is 0.